The van der Waals surface area contributed by atoms with E-state index in [1.165, 1.54) is 6.20 Å². The van der Waals surface area contributed by atoms with Crippen molar-refractivity contribution in [3.63, 3.8) is 0 Å². The summed E-state index contributed by atoms with van der Waals surface area (Å²) < 4.78 is 1.71. The van der Waals surface area contributed by atoms with Crippen LogP contribution in [0.1, 0.15) is 19.8 Å². The van der Waals surface area contributed by atoms with Gasteiger partial charge in [0, 0.05) is 12.6 Å². The molecule has 0 fully saturated rings. The van der Waals surface area contributed by atoms with Crippen LogP contribution in [-0.4, -0.2) is 15.6 Å². The van der Waals surface area contributed by atoms with Crippen molar-refractivity contribution in [3.8, 4) is 0 Å². The van der Waals surface area contributed by atoms with E-state index in [9.17, 15) is 4.79 Å². The lowest BCUT2D eigenvalue weighted by atomic mass is 10.2. The monoisotopic (exact) mass is 231 g/mol. The molecule has 1 aromatic carbocycles. The Balaban J connectivity index is 2.44. The van der Waals surface area contributed by atoms with Gasteiger partial charge in [0.1, 0.15) is 0 Å². The van der Waals surface area contributed by atoms with Gasteiger partial charge in [0.05, 0.1) is 17.2 Å². The summed E-state index contributed by atoms with van der Waals surface area (Å²) in [5.74, 6) is 0. The zero-order chi connectivity index (χ0) is 12.3. The Morgan fingerprint density at radius 1 is 1.41 bits per heavy atom. The molecule has 0 spiro atoms. The van der Waals surface area contributed by atoms with E-state index < -0.39 is 0 Å². The van der Waals surface area contributed by atoms with Crippen molar-refractivity contribution in [2.24, 2.45) is 5.73 Å². The summed E-state index contributed by atoms with van der Waals surface area (Å²) in [4.78, 5) is 15.9. The molecule has 0 aliphatic heterocycles. The van der Waals surface area contributed by atoms with Crippen LogP contribution >= 0.6 is 0 Å². The molecule has 0 saturated heterocycles. The number of nitrogens with zero attached hydrogens (tertiary/aromatic N) is 2. The van der Waals surface area contributed by atoms with Gasteiger partial charge in [-0.3, -0.25) is 4.79 Å². The van der Waals surface area contributed by atoms with E-state index in [2.05, 4.69) is 11.9 Å². The van der Waals surface area contributed by atoms with Crippen LogP contribution in [0.15, 0.2) is 35.3 Å². The molecule has 90 valence electrons. The molecular weight excluding hydrogens is 214 g/mol. The maximum Gasteiger partial charge on any atom is 0.269 e. The number of para-hydroxylation sites is 2. The van der Waals surface area contributed by atoms with Gasteiger partial charge < -0.3 is 10.3 Å². The quantitative estimate of drug-likeness (QED) is 0.868. The van der Waals surface area contributed by atoms with E-state index in [4.69, 9.17) is 5.73 Å². The number of benzene rings is 1. The molecular formula is C13H17N3O. The average Bonchev–Trinajstić information content (AvgIpc) is 2.33. The van der Waals surface area contributed by atoms with E-state index in [1.807, 2.05) is 24.3 Å². The molecule has 1 heterocycles. The smallest absolute Gasteiger partial charge is 0.269 e. The third-order valence-electron chi connectivity index (χ3n) is 2.83. The van der Waals surface area contributed by atoms with Gasteiger partial charge >= 0.3 is 0 Å². The topological polar surface area (TPSA) is 60.9 Å². The molecule has 0 amide bonds. The molecule has 4 heteroatoms. The molecule has 1 aromatic heterocycles. The van der Waals surface area contributed by atoms with Gasteiger partial charge in [-0.1, -0.05) is 25.5 Å². The zero-order valence-corrected chi connectivity index (χ0v) is 9.97. The number of rotatable bonds is 4. The molecule has 1 unspecified atom stereocenters. The fourth-order valence-corrected chi connectivity index (χ4v) is 2.00. The Bertz CT molecular complexity index is 562. The van der Waals surface area contributed by atoms with E-state index in [1.54, 1.807) is 4.57 Å². The molecule has 0 bridgehead atoms. The number of nitrogens with two attached hydrogens (primary N) is 1. The first kappa shape index (κ1) is 11.8. The van der Waals surface area contributed by atoms with Gasteiger partial charge in [-0.2, -0.15) is 0 Å². The number of hydrogen-bond acceptors (Lipinski definition) is 3. The first-order valence-corrected chi connectivity index (χ1v) is 5.92. The van der Waals surface area contributed by atoms with Crippen molar-refractivity contribution < 1.29 is 0 Å². The first-order chi connectivity index (χ1) is 8.22. The fraction of sp³-hybridized carbons (Fsp3) is 0.385. The van der Waals surface area contributed by atoms with Gasteiger partial charge in [-0.25, -0.2) is 4.98 Å². The number of fused-ring (bicyclic) bond motifs is 1. The molecule has 4 nitrogen and oxygen atoms in total. The van der Waals surface area contributed by atoms with Gasteiger partial charge in [0.2, 0.25) is 0 Å². The molecule has 0 saturated carbocycles. The van der Waals surface area contributed by atoms with E-state index in [0.29, 0.717) is 6.54 Å². The standard InChI is InChI=1S/C13H17N3O/c1-2-5-10(14)9-16-12-7-4-3-6-11(12)15-8-13(16)17/h3-4,6-8,10H,2,5,9,14H2,1H3. The summed E-state index contributed by atoms with van der Waals surface area (Å²) in [5.41, 5.74) is 7.59. The minimum atomic E-state index is -0.0877. The molecule has 1 atom stereocenters. The van der Waals surface area contributed by atoms with Gasteiger partial charge in [0.15, 0.2) is 0 Å². The molecule has 17 heavy (non-hydrogen) atoms. The minimum absolute atomic E-state index is 0.0171. The highest BCUT2D eigenvalue weighted by molar-refractivity contribution is 5.74. The lowest BCUT2D eigenvalue weighted by Crippen LogP contribution is -2.32. The van der Waals surface area contributed by atoms with Crippen LogP contribution in [-0.2, 0) is 6.54 Å². The molecule has 0 radical (unpaired) electrons. The minimum Gasteiger partial charge on any atom is -0.326 e. The summed E-state index contributed by atoms with van der Waals surface area (Å²) in [6.45, 7) is 2.64. The molecule has 2 aromatic rings. The maximum absolute atomic E-state index is 11.8. The highest BCUT2D eigenvalue weighted by Gasteiger charge is 2.07. The van der Waals surface area contributed by atoms with E-state index >= 15 is 0 Å². The number of hydrogen-bond donors (Lipinski definition) is 1. The van der Waals surface area contributed by atoms with Crippen LogP contribution in [0.5, 0.6) is 0 Å². The van der Waals surface area contributed by atoms with Crippen molar-refractivity contribution in [1.82, 2.24) is 9.55 Å². The SMILES string of the molecule is CCCC(N)Cn1c(=O)cnc2ccccc21. The van der Waals surface area contributed by atoms with Gasteiger partial charge in [0.25, 0.3) is 5.56 Å². The van der Waals surface area contributed by atoms with Crippen LogP contribution in [0, 0.1) is 0 Å². The lowest BCUT2D eigenvalue weighted by Gasteiger charge is -2.14. The predicted octanol–water partition coefficient (Wildman–Crippen LogP) is 1.52. The number of aromatic nitrogens is 2. The Kier molecular flexibility index (Phi) is 3.54. The zero-order valence-electron chi connectivity index (χ0n) is 9.97. The average molecular weight is 231 g/mol. The lowest BCUT2D eigenvalue weighted by molar-refractivity contribution is 0.513. The Morgan fingerprint density at radius 3 is 2.94 bits per heavy atom. The first-order valence-electron chi connectivity index (χ1n) is 5.92. The third kappa shape index (κ3) is 2.53. The van der Waals surface area contributed by atoms with Crippen LogP contribution in [0.2, 0.25) is 0 Å². The van der Waals surface area contributed by atoms with Gasteiger partial charge in [-0.05, 0) is 18.6 Å². The molecule has 2 N–H and O–H groups in total. The Hall–Kier alpha value is -1.68. The van der Waals surface area contributed by atoms with Crippen molar-refractivity contribution in [2.75, 3.05) is 0 Å². The van der Waals surface area contributed by atoms with Crippen LogP contribution in [0.4, 0.5) is 0 Å². The highest BCUT2D eigenvalue weighted by Crippen LogP contribution is 2.09. The normalized spacial score (nSPS) is 12.8. The highest BCUT2D eigenvalue weighted by atomic mass is 16.1. The molecule has 0 aliphatic carbocycles. The van der Waals surface area contributed by atoms with E-state index in [-0.39, 0.29) is 11.6 Å². The molecule has 2 rings (SSSR count). The van der Waals surface area contributed by atoms with E-state index in [0.717, 1.165) is 23.9 Å². The third-order valence-corrected chi connectivity index (χ3v) is 2.83. The van der Waals surface area contributed by atoms with Crippen LogP contribution in [0.3, 0.4) is 0 Å². The summed E-state index contributed by atoms with van der Waals surface area (Å²) in [5, 5.41) is 0. The van der Waals surface area contributed by atoms with Crippen molar-refractivity contribution in [3.05, 3.63) is 40.8 Å². The van der Waals surface area contributed by atoms with Crippen molar-refractivity contribution in [2.45, 2.75) is 32.4 Å². The predicted molar refractivity (Wildman–Crippen MR) is 68.9 cm³/mol. The Morgan fingerprint density at radius 2 is 2.18 bits per heavy atom. The summed E-state index contributed by atoms with van der Waals surface area (Å²) >= 11 is 0. The van der Waals surface area contributed by atoms with Gasteiger partial charge in [-0.15, -0.1) is 0 Å². The van der Waals surface area contributed by atoms with Crippen LogP contribution in [0.25, 0.3) is 11.0 Å². The summed E-state index contributed by atoms with van der Waals surface area (Å²) in [6, 6.07) is 7.64. The maximum atomic E-state index is 11.8. The fourth-order valence-electron chi connectivity index (χ4n) is 2.00. The Labute approximate surface area is 100 Å². The largest absolute Gasteiger partial charge is 0.326 e. The summed E-state index contributed by atoms with van der Waals surface area (Å²) in [7, 11) is 0. The summed E-state index contributed by atoms with van der Waals surface area (Å²) in [6.07, 6.45) is 3.31. The second kappa shape index (κ2) is 5.10. The second-order valence-electron chi connectivity index (χ2n) is 4.24. The van der Waals surface area contributed by atoms with Crippen LogP contribution < -0.4 is 11.3 Å². The van der Waals surface area contributed by atoms with Crippen molar-refractivity contribution in [1.29, 1.82) is 0 Å². The molecule has 0 aliphatic rings. The van der Waals surface area contributed by atoms with Crippen molar-refractivity contribution >= 4 is 11.0 Å². The second-order valence-corrected chi connectivity index (χ2v) is 4.24.